The molecular weight excluding hydrogens is 382 g/mol. The van der Waals surface area contributed by atoms with E-state index < -0.39 is 0 Å². The third kappa shape index (κ3) is 4.06. The highest BCUT2D eigenvalue weighted by atomic mass is 16.4. The summed E-state index contributed by atoms with van der Waals surface area (Å²) in [6.07, 6.45) is 5.49. The van der Waals surface area contributed by atoms with Crippen LogP contribution >= 0.6 is 0 Å². The number of H-pyrrole nitrogens is 1. The summed E-state index contributed by atoms with van der Waals surface area (Å²) in [7, 11) is 4.23. The number of hydrogen-bond donors (Lipinski definition) is 2. The van der Waals surface area contributed by atoms with Crippen molar-refractivity contribution in [2.75, 3.05) is 37.4 Å². The second kappa shape index (κ2) is 8.27. The number of aryl methyl sites for hydroxylation is 1. The standard InChI is InChI=1S/C21H27N7O2/c1-13-10-22-19(25-14(2)29)9-16(13)18-8-17(20-23-12-24-26-20)21(30-18)28-7-5-6-15(11-28)27(3)4/h8-10,12,15H,5-7,11H2,1-4H3,(H,22,25,29)(H,23,24,26). The van der Waals surface area contributed by atoms with Gasteiger partial charge in [-0.15, -0.1) is 0 Å². The van der Waals surface area contributed by atoms with Crippen LogP contribution in [0.3, 0.4) is 0 Å². The maximum Gasteiger partial charge on any atom is 0.222 e. The molecule has 1 fully saturated rings. The van der Waals surface area contributed by atoms with Gasteiger partial charge in [-0.1, -0.05) is 0 Å². The molecule has 1 amide bonds. The number of hydrogen-bond acceptors (Lipinski definition) is 7. The summed E-state index contributed by atoms with van der Waals surface area (Å²) in [5.41, 5.74) is 2.71. The monoisotopic (exact) mass is 409 g/mol. The molecule has 1 unspecified atom stereocenters. The molecule has 0 spiro atoms. The second-order valence-corrected chi connectivity index (χ2v) is 7.93. The number of rotatable bonds is 5. The average molecular weight is 409 g/mol. The summed E-state index contributed by atoms with van der Waals surface area (Å²) in [4.78, 5) is 24.6. The molecule has 2 N–H and O–H groups in total. The lowest BCUT2D eigenvalue weighted by atomic mass is 10.0. The highest BCUT2D eigenvalue weighted by Crippen LogP contribution is 2.39. The molecule has 1 saturated heterocycles. The number of anilines is 2. The number of likely N-dealkylation sites (N-methyl/N-ethyl adjacent to an activating group) is 1. The first-order valence-electron chi connectivity index (χ1n) is 10.1. The van der Waals surface area contributed by atoms with Gasteiger partial charge in [0, 0.05) is 37.8 Å². The SMILES string of the molecule is CC(=O)Nc1cc(-c2cc(-c3ncn[nH]3)c(N3CCCC(N(C)C)C3)o2)c(C)cn1. The predicted molar refractivity (Wildman–Crippen MR) is 115 cm³/mol. The Morgan fingerprint density at radius 2 is 2.13 bits per heavy atom. The summed E-state index contributed by atoms with van der Waals surface area (Å²) >= 11 is 0. The minimum absolute atomic E-state index is 0.164. The molecule has 4 rings (SSSR count). The lowest BCUT2D eigenvalue weighted by molar-refractivity contribution is -0.114. The Hall–Kier alpha value is -3.20. The lowest BCUT2D eigenvalue weighted by Gasteiger charge is -2.36. The molecule has 0 aromatic carbocycles. The fraction of sp³-hybridized carbons (Fsp3) is 0.429. The van der Waals surface area contributed by atoms with Gasteiger partial charge in [0.1, 0.15) is 17.9 Å². The Kier molecular flexibility index (Phi) is 5.54. The molecule has 30 heavy (non-hydrogen) atoms. The van der Waals surface area contributed by atoms with E-state index in [4.69, 9.17) is 4.42 Å². The first-order valence-corrected chi connectivity index (χ1v) is 10.1. The van der Waals surface area contributed by atoms with Gasteiger partial charge in [0.05, 0.1) is 5.56 Å². The fourth-order valence-corrected chi connectivity index (χ4v) is 3.85. The van der Waals surface area contributed by atoms with Crippen LogP contribution in [0.15, 0.2) is 29.1 Å². The number of aromatic nitrogens is 4. The van der Waals surface area contributed by atoms with Crippen molar-refractivity contribution in [3.8, 4) is 22.7 Å². The Labute approximate surface area is 175 Å². The van der Waals surface area contributed by atoms with Crippen LogP contribution < -0.4 is 10.2 Å². The Bertz CT molecular complexity index is 1030. The number of aromatic amines is 1. The highest BCUT2D eigenvalue weighted by Gasteiger charge is 2.28. The van der Waals surface area contributed by atoms with Gasteiger partial charge in [-0.2, -0.15) is 5.10 Å². The lowest BCUT2D eigenvalue weighted by Crippen LogP contribution is -2.45. The van der Waals surface area contributed by atoms with Crippen molar-refractivity contribution in [2.45, 2.75) is 32.7 Å². The number of piperidine rings is 1. The van der Waals surface area contributed by atoms with Crippen molar-refractivity contribution >= 4 is 17.6 Å². The maximum atomic E-state index is 11.4. The molecule has 0 radical (unpaired) electrons. The van der Waals surface area contributed by atoms with Gasteiger partial charge >= 0.3 is 0 Å². The third-order valence-corrected chi connectivity index (χ3v) is 5.47. The largest absolute Gasteiger partial charge is 0.440 e. The zero-order valence-electron chi connectivity index (χ0n) is 17.8. The van der Waals surface area contributed by atoms with Crippen molar-refractivity contribution in [2.24, 2.45) is 0 Å². The summed E-state index contributed by atoms with van der Waals surface area (Å²) in [5.74, 6) is 2.48. The normalized spacial score (nSPS) is 16.8. The quantitative estimate of drug-likeness (QED) is 0.668. The number of nitrogens with zero attached hydrogens (tertiary/aromatic N) is 5. The summed E-state index contributed by atoms with van der Waals surface area (Å²) in [6, 6.07) is 4.28. The molecule has 1 atom stereocenters. The van der Waals surface area contributed by atoms with E-state index in [0.29, 0.717) is 23.4 Å². The summed E-state index contributed by atoms with van der Waals surface area (Å²) < 4.78 is 6.41. The van der Waals surface area contributed by atoms with E-state index in [-0.39, 0.29) is 5.91 Å². The highest BCUT2D eigenvalue weighted by molar-refractivity contribution is 5.88. The number of pyridine rings is 1. The molecular formula is C21H27N7O2. The molecule has 1 aliphatic rings. The van der Waals surface area contributed by atoms with E-state index in [2.05, 4.69) is 49.4 Å². The summed E-state index contributed by atoms with van der Waals surface area (Å²) in [6.45, 7) is 5.24. The smallest absolute Gasteiger partial charge is 0.222 e. The van der Waals surface area contributed by atoms with Crippen molar-refractivity contribution in [1.82, 2.24) is 25.1 Å². The minimum Gasteiger partial charge on any atom is -0.440 e. The number of carbonyl (C=O) groups excluding carboxylic acids is 1. The number of carbonyl (C=O) groups is 1. The molecule has 4 heterocycles. The molecule has 3 aromatic rings. The summed E-state index contributed by atoms with van der Waals surface area (Å²) in [5, 5.41) is 9.71. The second-order valence-electron chi connectivity index (χ2n) is 7.93. The van der Waals surface area contributed by atoms with Crippen LogP contribution in [0, 0.1) is 6.92 Å². The van der Waals surface area contributed by atoms with Crippen LogP contribution in [0.4, 0.5) is 11.7 Å². The van der Waals surface area contributed by atoms with Gasteiger partial charge in [0.25, 0.3) is 0 Å². The van der Waals surface area contributed by atoms with Gasteiger partial charge < -0.3 is 19.5 Å². The maximum absolute atomic E-state index is 11.4. The Morgan fingerprint density at radius 1 is 1.30 bits per heavy atom. The minimum atomic E-state index is -0.164. The average Bonchev–Trinajstić information content (AvgIpc) is 3.39. The van der Waals surface area contributed by atoms with Crippen LogP contribution in [0.5, 0.6) is 0 Å². The van der Waals surface area contributed by atoms with Crippen molar-refractivity contribution in [1.29, 1.82) is 0 Å². The van der Waals surface area contributed by atoms with E-state index in [1.807, 2.05) is 19.1 Å². The van der Waals surface area contributed by atoms with Gasteiger partial charge in [-0.25, -0.2) is 9.97 Å². The molecule has 158 valence electrons. The molecule has 0 saturated carbocycles. The number of amides is 1. The third-order valence-electron chi connectivity index (χ3n) is 5.47. The van der Waals surface area contributed by atoms with Crippen LogP contribution in [-0.2, 0) is 4.79 Å². The van der Waals surface area contributed by atoms with Crippen LogP contribution in [0.25, 0.3) is 22.7 Å². The van der Waals surface area contributed by atoms with Crippen LogP contribution in [0.2, 0.25) is 0 Å². The fourth-order valence-electron chi connectivity index (χ4n) is 3.85. The number of nitrogens with one attached hydrogen (secondary N) is 2. The Balaban J connectivity index is 1.76. The van der Waals surface area contributed by atoms with E-state index in [0.717, 1.165) is 48.5 Å². The van der Waals surface area contributed by atoms with Crippen molar-refractivity contribution < 1.29 is 9.21 Å². The van der Waals surface area contributed by atoms with E-state index in [1.165, 1.54) is 13.3 Å². The van der Waals surface area contributed by atoms with Crippen molar-refractivity contribution in [3.05, 3.63) is 30.2 Å². The topological polar surface area (TPSA) is 103 Å². The van der Waals surface area contributed by atoms with E-state index in [1.54, 1.807) is 6.20 Å². The van der Waals surface area contributed by atoms with Crippen molar-refractivity contribution in [3.63, 3.8) is 0 Å². The van der Waals surface area contributed by atoms with Crippen LogP contribution in [-0.4, -0.2) is 64.2 Å². The molecule has 0 bridgehead atoms. The first-order chi connectivity index (χ1) is 14.4. The van der Waals surface area contributed by atoms with Gasteiger partial charge in [0.15, 0.2) is 5.82 Å². The zero-order valence-corrected chi connectivity index (χ0v) is 17.8. The van der Waals surface area contributed by atoms with Gasteiger partial charge in [-0.05, 0) is 51.6 Å². The number of furan rings is 1. The van der Waals surface area contributed by atoms with Crippen LogP contribution in [0.1, 0.15) is 25.3 Å². The molecule has 9 nitrogen and oxygen atoms in total. The van der Waals surface area contributed by atoms with Gasteiger partial charge in [0.2, 0.25) is 11.8 Å². The van der Waals surface area contributed by atoms with E-state index in [9.17, 15) is 4.79 Å². The molecule has 9 heteroatoms. The van der Waals surface area contributed by atoms with E-state index >= 15 is 0 Å². The van der Waals surface area contributed by atoms with Gasteiger partial charge in [-0.3, -0.25) is 9.89 Å². The molecule has 1 aliphatic heterocycles. The molecule has 3 aromatic heterocycles. The first kappa shape index (κ1) is 20.1. The predicted octanol–water partition coefficient (Wildman–Crippen LogP) is 2.92. The Morgan fingerprint density at radius 3 is 2.83 bits per heavy atom. The zero-order chi connectivity index (χ0) is 21.3. The molecule has 0 aliphatic carbocycles.